The molecule has 0 aromatic heterocycles. The number of aliphatic hydroxyl groups excluding tert-OH is 1. The van der Waals surface area contributed by atoms with Crippen LogP contribution < -0.4 is 10.2 Å². The summed E-state index contributed by atoms with van der Waals surface area (Å²) in [6, 6.07) is 5.79. The van der Waals surface area contributed by atoms with Gasteiger partial charge in [0.25, 0.3) is 0 Å². The molecule has 0 aliphatic carbocycles. The quantitative estimate of drug-likeness (QED) is 0.864. The minimum Gasteiger partial charge on any atom is -0.388 e. The van der Waals surface area contributed by atoms with Gasteiger partial charge in [0.15, 0.2) is 0 Å². The van der Waals surface area contributed by atoms with Crippen LogP contribution in [0.3, 0.4) is 0 Å². The average Bonchev–Trinajstić information content (AvgIpc) is 2.63. The van der Waals surface area contributed by atoms with Crippen molar-refractivity contribution < 1.29 is 9.90 Å². The topological polar surface area (TPSA) is 52.6 Å². The molecule has 0 spiro atoms. The van der Waals surface area contributed by atoms with Crippen LogP contribution in [0.2, 0.25) is 0 Å². The van der Waals surface area contributed by atoms with Gasteiger partial charge in [0, 0.05) is 24.7 Å². The molecule has 4 nitrogen and oxygen atoms in total. The van der Waals surface area contributed by atoms with E-state index in [1.807, 2.05) is 39.1 Å². The van der Waals surface area contributed by atoms with Crippen molar-refractivity contribution >= 4 is 11.6 Å². The smallest absolute Gasteiger partial charge is 0.231 e. The third kappa shape index (κ3) is 2.51. The van der Waals surface area contributed by atoms with E-state index in [0.717, 1.165) is 23.4 Å². The van der Waals surface area contributed by atoms with Crippen LogP contribution in [0.4, 0.5) is 5.69 Å². The summed E-state index contributed by atoms with van der Waals surface area (Å²) in [5, 5.41) is 13.6. The highest BCUT2D eigenvalue weighted by molar-refractivity contribution is 6.00. The molecule has 1 amide bonds. The molecule has 1 unspecified atom stereocenters. The number of hydrogen-bond acceptors (Lipinski definition) is 3. The normalized spacial score (nSPS) is 16.7. The van der Waals surface area contributed by atoms with Crippen LogP contribution in [-0.4, -0.2) is 31.7 Å². The van der Waals surface area contributed by atoms with E-state index in [-0.39, 0.29) is 11.3 Å². The zero-order chi connectivity index (χ0) is 14.2. The van der Waals surface area contributed by atoms with Crippen molar-refractivity contribution in [2.75, 3.05) is 25.5 Å². The van der Waals surface area contributed by atoms with Crippen molar-refractivity contribution in [2.45, 2.75) is 26.4 Å². The van der Waals surface area contributed by atoms with E-state index in [4.69, 9.17) is 0 Å². The van der Waals surface area contributed by atoms with Crippen molar-refractivity contribution in [1.29, 1.82) is 0 Å². The van der Waals surface area contributed by atoms with Gasteiger partial charge in [-0.1, -0.05) is 26.0 Å². The number of amides is 1. The van der Waals surface area contributed by atoms with Crippen LogP contribution in [0.15, 0.2) is 18.2 Å². The Hall–Kier alpha value is -1.39. The number of carbonyl (C=O) groups is 1. The average molecular weight is 262 g/mol. The maximum atomic E-state index is 11.7. The lowest BCUT2D eigenvalue weighted by Gasteiger charge is -2.31. The summed E-state index contributed by atoms with van der Waals surface area (Å²) in [7, 11) is 3.67. The highest BCUT2D eigenvalue weighted by Crippen LogP contribution is 2.36. The standard InChI is InChI=1S/C15H22N2O2/c1-15(2,9-16-3)14(19)10-5-6-12-11(7-10)8-13(18)17(12)4/h5-7,14,16,19H,8-9H2,1-4H3. The Morgan fingerprint density at radius 1 is 1.47 bits per heavy atom. The lowest BCUT2D eigenvalue weighted by atomic mass is 9.82. The Bertz CT molecular complexity index is 497. The van der Waals surface area contributed by atoms with Gasteiger partial charge in [-0.15, -0.1) is 0 Å². The number of carbonyl (C=O) groups excluding carboxylic acids is 1. The van der Waals surface area contributed by atoms with Gasteiger partial charge in [-0.05, 0) is 24.2 Å². The number of rotatable bonds is 4. The number of anilines is 1. The Morgan fingerprint density at radius 3 is 2.79 bits per heavy atom. The van der Waals surface area contributed by atoms with Crippen molar-refractivity contribution in [1.82, 2.24) is 5.32 Å². The summed E-state index contributed by atoms with van der Waals surface area (Å²) in [6.07, 6.45) is -0.120. The Kier molecular flexibility index (Phi) is 3.65. The van der Waals surface area contributed by atoms with Crippen LogP contribution in [0.25, 0.3) is 0 Å². The first-order valence-corrected chi connectivity index (χ1v) is 6.59. The van der Waals surface area contributed by atoms with E-state index in [1.165, 1.54) is 0 Å². The summed E-state index contributed by atoms with van der Waals surface area (Å²) < 4.78 is 0. The largest absolute Gasteiger partial charge is 0.388 e. The lowest BCUT2D eigenvalue weighted by Crippen LogP contribution is -2.32. The second kappa shape index (κ2) is 4.94. The predicted octanol–water partition coefficient (Wildman–Crippen LogP) is 1.48. The number of likely N-dealkylation sites (N-methyl/N-ethyl adjacent to an activating group) is 1. The van der Waals surface area contributed by atoms with Gasteiger partial charge in [0.1, 0.15) is 0 Å². The molecule has 0 radical (unpaired) electrons. The Balaban J connectivity index is 2.29. The number of hydrogen-bond donors (Lipinski definition) is 2. The minimum absolute atomic E-state index is 0.108. The van der Waals surface area contributed by atoms with E-state index in [0.29, 0.717) is 6.42 Å². The molecule has 1 atom stereocenters. The molecule has 1 aromatic rings. The molecule has 1 aliphatic heterocycles. The molecule has 2 N–H and O–H groups in total. The van der Waals surface area contributed by atoms with Crippen LogP contribution in [-0.2, 0) is 11.2 Å². The third-order valence-electron chi connectivity index (χ3n) is 3.87. The molecule has 104 valence electrons. The van der Waals surface area contributed by atoms with E-state index in [9.17, 15) is 9.90 Å². The molecule has 1 aliphatic rings. The Morgan fingerprint density at radius 2 is 2.16 bits per heavy atom. The molecular weight excluding hydrogens is 240 g/mol. The van der Waals surface area contributed by atoms with E-state index in [1.54, 1.807) is 11.9 Å². The van der Waals surface area contributed by atoms with Crippen LogP contribution in [0, 0.1) is 5.41 Å². The number of nitrogens with zero attached hydrogens (tertiary/aromatic N) is 1. The number of benzene rings is 1. The molecule has 4 heteroatoms. The molecule has 1 aromatic carbocycles. The molecule has 0 saturated heterocycles. The van der Waals surface area contributed by atoms with Gasteiger partial charge in [0.2, 0.25) is 5.91 Å². The zero-order valence-electron chi connectivity index (χ0n) is 12.0. The second-order valence-electron chi connectivity index (χ2n) is 5.94. The predicted molar refractivity (Wildman–Crippen MR) is 76.2 cm³/mol. The van der Waals surface area contributed by atoms with E-state index < -0.39 is 6.10 Å². The molecule has 19 heavy (non-hydrogen) atoms. The fourth-order valence-electron chi connectivity index (χ4n) is 2.66. The lowest BCUT2D eigenvalue weighted by molar-refractivity contribution is -0.117. The third-order valence-corrected chi connectivity index (χ3v) is 3.87. The van der Waals surface area contributed by atoms with Crippen LogP contribution in [0.5, 0.6) is 0 Å². The summed E-state index contributed by atoms with van der Waals surface area (Å²) in [5.74, 6) is 0.108. The fourth-order valence-corrected chi connectivity index (χ4v) is 2.66. The highest BCUT2D eigenvalue weighted by Gasteiger charge is 2.30. The second-order valence-corrected chi connectivity index (χ2v) is 5.94. The van der Waals surface area contributed by atoms with Gasteiger partial charge < -0.3 is 15.3 Å². The van der Waals surface area contributed by atoms with Crippen molar-refractivity contribution in [2.24, 2.45) is 5.41 Å². The summed E-state index contributed by atoms with van der Waals surface area (Å²) in [5.41, 5.74) is 2.58. The maximum absolute atomic E-state index is 11.7. The van der Waals surface area contributed by atoms with Crippen LogP contribution >= 0.6 is 0 Å². The van der Waals surface area contributed by atoms with Crippen molar-refractivity contribution in [3.05, 3.63) is 29.3 Å². The molecular formula is C15H22N2O2. The highest BCUT2D eigenvalue weighted by atomic mass is 16.3. The minimum atomic E-state index is -0.550. The molecule has 2 rings (SSSR count). The van der Waals surface area contributed by atoms with Gasteiger partial charge in [-0.25, -0.2) is 0 Å². The van der Waals surface area contributed by atoms with Gasteiger partial charge >= 0.3 is 0 Å². The first kappa shape index (κ1) is 14.0. The molecule has 0 fully saturated rings. The first-order chi connectivity index (χ1) is 8.86. The van der Waals surface area contributed by atoms with Gasteiger partial charge in [0.05, 0.1) is 12.5 Å². The molecule has 1 heterocycles. The Labute approximate surface area is 114 Å². The van der Waals surface area contributed by atoms with Crippen LogP contribution in [0.1, 0.15) is 31.1 Å². The summed E-state index contributed by atoms with van der Waals surface area (Å²) in [6.45, 7) is 4.78. The monoisotopic (exact) mass is 262 g/mol. The van der Waals surface area contributed by atoms with E-state index >= 15 is 0 Å². The number of aliphatic hydroxyl groups is 1. The van der Waals surface area contributed by atoms with Gasteiger partial charge in [-0.2, -0.15) is 0 Å². The van der Waals surface area contributed by atoms with Gasteiger partial charge in [-0.3, -0.25) is 4.79 Å². The fraction of sp³-hybridized carbons (Fsp3) is 0.533. The molecule has 0 bridgehead atoms. The SMILES string of the molecule is CNCC(C)(C)C(O)c1ccc2c(c1)CC(=O)N2C. The molecule has 0 saturated carbocycles. The summed E-state index contributed by atoms with van der Waals surface area (Å²) >= 11 is 0. The number of fused-ring (bicyclic) bond motifs is 1. The zero-order valence-corrected chi connectivity index (χ0v) is 12.0. The summed E-state index contributed by atoms with van der Waals surface area (Å²) in [4.78, 5) is 13.3. The first-order valence-electron chi connectivity index (χ1n) is 6.59. The maximum Gasteiger partial charge on any atom is 0.231 e. The number of nitrogens with one attached hydrogen (secondary N) is 1. The van der Waals surface area contributed by atoms with Crippen molar-refractivity contribution in [3.63, 3.8) is 0 Å². The van der Waals surface area contributed by atoms with E-state index in [2.05, 4.69) is 5.32 Å². The van der Waals surface area contributed by atoms with Crippen molar-refractivity contribution in [3.8, 4) is 0 Å².